The number of rotatable bonds is 7. The monoisotopic (exact) mass is 235 g/mol. The maximum Gasteiger partial charge on any atom is 0.149 e. The molecule has 0 aliphatic heterocycles. The van der Waals surface area contributed by atoms with Crippen LogP contribution >= 0.6 is 0 Å². The number of Topliss-reactive ketones (excluding diaryl/α,β-unsaturated/α-hetero) is 1. The van der Waals surface area contributed by atoms with Crippen molar-refractivity contribution in [2.24, 2.45) is 11.7 Å². The SMILES string of the molecule is CC(C)[C@H](N)C(=O)CCCCS(C)(=O)=O. The van der Waals surface area contributed by atoms with Gasteiger partial charge in [-0.1, -0.05) is 13.8 Å². The molecule has 0 amide bonds. The molecule has 0 unspecified atom stereocenters. The molecule has 0 rings (SSSR count). The first kappa shape index (κ1) is 14.6. The summed E-state index contributed by atoms with van der Waals surface area (Å²) in [5, 5.41) is 0. The molecule has 0 bridgehead atoms. The van der Waals surface area contributed by atoms with Crippen LogP contribution in [0.2, 0.25) is 0 Å². The predicted molar refractivity (Wildman–Crippen MR) is 61.4 cm³/mol. The fourth-order valence-corrected chi connectivity index (χ4v) is 1.93. The molecule has 90 valence electrons. The lowest BCUT2D eigenvalue weighted by molar-refractivity contribution is -0.121. The van der Waals surface area contributed by atoms with Crippen LogP contribution in [0.5, 0.6) is 0 Å². The quantitative estimate of drug-likeness (QED) is 0.661. The van der Waals surface area contributed by atoms with Gasteiger partial charge in [0.25, 0.3) is 0 Å². The van der Waals surface area contributed by atoms with Crippen LogP contribution in [0.4, 0.5) is 0 Å². The van der Waals surface area contributed by atoms with Gasteiger partial charge < -0.3 is 5.73 Å². The number of carbonyl (C=O) groups is 1. The molecular formula is C10H21NO3S. The second kappa shape index (κ2) is 6.23. The number of ketones is 1. The molecule has 0 aliphatic carbocycles. The largest absolute Gasteiger partial charge is 0.321 e. The Morgan fingerprint density at radius 2 is 1.80 bits per heavy atom. The topological polar surface area (TPSA) is 77.2 Å². The van der Waals surface area contributed by atoms with E-state index >= 15 is 0 Å². The zero-order valence-corrected chi connectivity index (χ0v) is 10.5. The zero-order chi connectivity index (χ0) is 12.1. The number of carbonyl (C=O) groups excluding carboxylic acids is 1. The lowest BCUT2D eigenvalue weighted by Crippen LogP contribution is -2.35. The van der Waals surface area contributed by atoms with Crippen LogP contribution in [-0.4, -0.2) is 32.3 Å². The number of nitrogens with two attached hydrogens (primary N) is 1. The van der Waals surface area contributed by atoms with Crippen molar-refractivity contribution >= 4 is 15.6 Å². The van der Waals surface area contributed by atoms with E-state index < -0.39 is 15.9 Å². The Bertz CT molecular complexity index is 296. The van der Waals surface area contributed by atoms with E-state index in [4.69, 9.17) is 5.73 Å². The van der Waals surface area contributed by atoms with Crippen molar-refractivity contribution in [1.82, 2.24) is 0 Å². The van der Waals surface area contributed by atoms with E-state index in [9.17, 15) is 13.2 Å². The van der Waals surface area contributed by atoms with Crippen molar-refractivity contribution in [2.45, 2.75) is 39.2 Å². The number of unbranched alkanes of at least 4 members (excludes halogenated alkanes) is 1. The highest BCUT2D eigenvalue weighted by Crippen LogP contribution is 2.06. The molecule has 0 saturated heterocycles. The van der Waals surface area contributed by atoms with Gasteiger partial charge in [-0.3, -0.25) is 4.79 Å². The fourth-order valence-electron chi connectivity index (χ4n) is 1.20. The Balaban J connectivity index is 3.74. The van der Waals surface area contributed by atoms with Crippen LogP contribution in [0.1, 0.15) is 33.1 Å². The standard InChI is InChI=1S/C10H21NO3S/c1-8(2)10(11)9(12)6-4-5-7-15(3,13)14/h8,10H,4-7,11H2,1-3H3/t10-/m0/s1. The third kappa shape index (κ3) is 7.50. The number of sulfone groups is 1. The second-order valence-electron chi connectivity index (χ2n) is 4.32. The fraction of sp³-hybridized carbons (Fsp3) is 0.900. The molecule has 5 heteroatoms. The van der Waals surface area contributed by atoms with Crippen molar-refractivity contribution in [3.63, 3.8) is 0 Å². The van der Waals surface area contributed by atoms with E-state index in [0.717, 1.165) is 0 Å². The molecule has 0 heterocycles. The normalized spacial score (nSPS) is 14.2. The summed E-state index contributed by atoms with van der Waals surface area (Å²) in [7, 11) is -2.90. The highest BCUT2D eigenvalue weighted by Gasteiger charge is 2.16. The lowest BCUT2D eigenvalue weighted by atomic mass is 9.98. The minimum atomic E-state index is -2.90. The minimum absolute atomic E-state index is 0.0264. The first-order chi connectivity index (χ1) is 6.74. The van der Waals surface area contributed by atoms with Crippen molar-refractivity contribution < 1.29 is 13.2 Å². The molecule has 0 aromatic rings. The Morgan fingerprint density at radius 1 is 1.27 bits per heavy atom. The van der Waals surface area contributed by atoms with Gasteiger partial charge in [-0.25, -0.2) is 8.42 Å². The molecule has 0 radical (unpaired) electrons. The molecule has 15 heavy (non-hydrogen) atoms. The summed E-state index contributed by atoms with van der Waals surface area (Å²) < 4.78 is 21.6. The van der Waals surface area contributed by atoms with Crippen LogP contribution < -0.4 is 5.73 Å². The molecule has 0 aliphatic rings. The minimum Gasteiger partial charge on any atom is -0.321 e. The third-order valence-corrected chi connectivity index (χ3v) is 3.31. The summed E-state index contributed by atoms with van der Waals surface area (Å²) >= 11 is 0. The van der Waals surface area contributed by atoms with Gasteiger partial charge in [0.1, 0.15) is 15.6 Å². The van der Waals surface area contributed by atoms with Gasteiger partial charge in [-0.2, -0.15) is 0 Å². The molecule has 2 N–H and O–H groups in total. The van der Waals surface area contributed by atoms with E-state index in [-0.39, 0.29) is 17.5 Å². The zero-order valence-electron chi connectivity index (χ0n) is 9.69. The Kier molecular flexibility index (Phi) is 6.05. The van der Waals surface area contributed by atoms with E-state index in [2.05, 4.69) is 0 Å². The molecule has 0 saturated carbocycles. The Hall–Kier alpha value is -0.420. The first-order valence-corrected chi connectivity index (χ1v) is 7.26. The predicted octanol–water partition coefficient (Wildman–Crippen LogP) is 0.754. The van der Waals surface area contributed by atoms with Crippen molar-refractivity contribution in [2.75, 3.05) is 12.0 Å². The summed E-state index contributed by atoms with van der Waals surface area (Å²) in [6.45, 7) is 3.80. The highest BCUT2D eigenvalue weighted by atomic mass is 32.2. The summed E-state index contributed by atoms with van der Waals surface area (Å²) in [6, 6.07) is -0.414. The van der Waals surface area contributed by atoms with Crippen LogP contribution in [0.15, 0.2) is 0 Å². The van der Waals surface area contributed by atoms with Crippen LogP contribution in [0, 0.1) is 5.92 Å². The second-order valence-corrected chi connectivity index (χ2v) is 6.58. The van der Waals surface area contributed by atoms with Crippen LogP contribution in [0.3, 0.4) is 0 Å². The molecule has 0 fully saturated rings. The van der Waals surface area contributed by atoms with Gasteiger partial charge in [0, 0.05) is 18.4 Å². The maximum absolute atomic E-state index is 11.4. The molecule has 0 aromatic carbocycles. The van der Waals surface area contributed by atoms with E-state index in [1.54, 1.807) is 0 Å². The Labute approximate surface area is 92.2 Å². The average Bonchev–Trinajstić information content (AvgIpc) is 2.09. The first-order valence-electron chi connectivity index (χ1n) is 5.20. The van der Waals surface area contributed by atoms with Crippen molar-refractivity contribution in [1.29, 1.82) is 0 Å². The molecule has 4 nitrogen and oxygen atoms in total. The number of hydrogen-bond acceptors (Lipinski definition) is 4. The Morgan fingerprint density at radius 3 is 2.20 bits per heavy atom. The van der Waals surface area contributed by atoms with Crippen LogP contribution in [-0.2, 0) is 14.6 Å². The highest BCUT2D eigenvalue weighted by molar-refractivity contribution is 7.90. The van der Waals surface area contributed by atoms with E-state index in [1.165, 1.54) is 6.26 Å². The molecule has 0 spiro atoms. The molecular weight excluding hydrogens is 214 g/mol. The van der Waals surface area contributed by atoms with Crippen molar-refractivity contribution in [3.05, 3.63) is 0 Å². The van der Waals surface area contributed by atoms with Gasteiger partial charge in [-0.15, -0.1) is 0 Å². The van der Waals surface area contributed by atoms with Gasteiger partial charge in [0.05, 0.1) is 6.04 Å². The van der Waals surface area contributed by atoms with Crippen LogP contribution in [0.25, 0.3) is 0 Å². The van der Waals surface area contributed by atoms with Gasteiger partial charge in [0.15, 0.2) is 0 Å². The lowest BCUT2D eigenvalue weighted by Gasteiger charge is -2.13. The maximum atomic E-state index is 11.4. The molecule has 1 atom stereocenters. The van der Waals surface area contributed by atoms with E-state index in [0.29, 0.717) is 19.3 Å². The summed E-state index contributed by atoms with van der Waals surface area (Å²) in [5.74, 6) is 0.322. The molecule has 0 aromatic heterocycles. The summed E-state index contributed by atoms with van der Waals surface area (Å²) in [6.07, 6.45) is 2.73. The van der Waals surface area contributed by atoms with Gasteiger partial charge in [-0.05, 0) is 18.8 Å². The summed E-state index contributed by atoms with van der Waals surface area (Å²) in [5.41, 5.74) is 5.66. The van der Waals surface area contributed by atoms with Gasteiger partial charge >= 0.3 is 0 Å². The summed E-state index contributed by atoms with van der Waals surface area (Å²) in [4.78, 5) is 11.4. The van der Waals surface area contributed by atoms with Crippen molar-refractivity contribution in [3.8, 4) is 0 Å². The third-order valence-electron chi connectivity index (χ3n) is 2.28. The smallest absolute Gasteiger partial charge is 0.149 e. The van der Waals surface area contributed by atoms with Gasteiger partial charge in [0.2, 0.25) is 0 Å². The van der Waals surface area contributed by atoms with E-state index in [1.807, 2.05) is 13.8 Å². The number of hydrogen-bond donors (Lipinski definition) is 1. The average molecular weight is 235 g/mol.